The lowest BCUT2D eigenvalue weighted by Crippen LogP contribution is -2.48. The van der Waals surface area contributed by atoms with Crippen LogP contribution in [0.15, 0.2) is 5.51 Å². The topological polar surface area (TPSA) is 39.2 Å². The van der Waals surface area contributed by atoms with Gasteiger partial charge in [0.05, 0.1) is 50.4 Å². The van der Waals surface area contributed by atoms with Crippen LogP contribution < -0.4 is 0 Å². The summed E-state index contributed by atoms with van der Waals surface area (Å²) in [6, 6.07) is 0. The van der Waals surface area contributed by atoms with E-state index in [9.17, 15) is 4.79 Å². The van der Waals surface area contributed by atoms with Gasteiger partial charge in [0.15, 0.2) is 0 Å². The Balaban J connectivity index is 2.28. The van der Waals surface area contributed by atoms with Gasteiger partial charge in [-0.15, -0.1) is 11.3 Å². The standard InChI is InChI=1S/C15H27N2O2S/c1-5-17(6-2,7-3)10-8-15(18)19-11-9-14-13(4)16-12-20-14/h12H,5-11H2,1-4H3/q+1. The lowest BCUT2D eigenvalue weighted by molar-refractivity contribution is -0.922. The number of nitrogens with zero attached hydrogens (tertiary/aromatic N) is 2. The smallest absolute Gasteiger partial charge is 0.311 e. The minimum Gasteiger partial charge on any atom is -0.465 e. The Bertz CT molecular complexity index is 405. The summed E-state index contributed by atoms with van der Waals surface area (Å²) in [7, 11) is 0. The highest BCUT2D eigenvalue weighted by atomic mass is 32.1. The van der Waals surface area contributed by atoms with E-state index in [1.54, 1.807) is 11.3 Å². The minimum absolute atomic E-state index is 0.0787. The van der Waals surface area contributed by atoms with Gasteiger partial charge >= 0.3 is 5.97 Å². The SMILES string of the molecule is CC[N+](CC)(CC)CCC(=O)OCCc1scnc1C. The highest BCUT2D eigenvalue weighted by Crippen LogP contribution is 2.13. The van der Waals surface area contributed by atoms with Crippen LogP contribution in [0.3, 0.4) is 0 Å². The van der Waals surface area contributed by atoms with Crippen molar-refractivity contribution in [1.29, 1.82) is 0 Å². The number of carbonyl (C=O) groups excluding carboxylic acids is 1. The average molecular weight is 299 g/mol. The Hall–Kier alpha value is -0.940. The largest absolute Gasteiger partial charge is 0.465 e. The number of carbonyl (C=O) groups is 1. The zero-order chi connectivity index (χ0) is 15.0. The van der Waals surface area contributed by atoms with E-state index in [1.165, 1.54) is 4.88 Å². The van der Waals surface area contributed by atoms with E-state index >= 15 is 0 Å². The first-order valence-corrected chi connectivity index (χ1v) is 8.34. The molecule has 114 valence electrons. The van der Waals surface area contributed by atoms with Gasteiger partial charge in [-0.25, -0.2) is 4.98 Å². The van der Waals surface area contributed by atoms with E-state index in [0.29, 0.717) is 13.0 Å². The number of esters is 1. The quantitative estimate of drug-likeness (QED) is 0.520. The fraction of sp³-hybridized carbons (Fsp3) is 0.733. The minimum atomic E-state index is -0.0787. The van der Waals surface area contributed by atoms with Crippen molar-refractivity contribution in [2.45, 2.75) is 40.5 Å². The van der Waals surface area contributed by atoms with E-state index in [-0.39, 0.29) is 5.97 Å². The van der Waals surface area contributed by atoms with Gasteiger partial charge in [-0.2, -0.15) is 0 Å². The Labute approximate surface area is 126 Å². The molecule has 0 aliphatic carbocycles. The lowest BCUT2D eigenvalue weighted by Gasteiger charge is -2.35. The second-order valence-electron chi connectivity index (χ2n) is 5.10. The van der Waals surface area contributed by atoms with Gasteiger partial charge in [0.2, 0.25) is 0 Å². The van der Waals surface area contributed by atoms with Crippen LogP contribution in [0.2, 0.25) is 0 Å². The van der Waals surface area contributed by atoms with Gasteiger partial charge in [-0.3, -0.25) is 4.79 Å². The average Bonchev–Trinajstić information content (AvgIpc) is 2.87. The summed E-state index contributed by atoms with van der Waals surface area (Å²) in [6.07, 6.45) is 1.29. The normalized spacial score (nSPS) is 11.6. The predicted octanol–water partition coefficient (Wildman–Crippen LogP) is 2.80. The van der Waals surface area contributed by atoms with Gasteiger partial charge in [-0.1, -0.05) is 0 Å². The van der Waals surface area contributed by atoms with Crippen LogP contribution >= 0.6 is 11.3 Å². The molecule has 0 unspecified atom stereocenters. The van der Waals surface area contributed by atoms with Crippen LogP contribution in [0.5, 0.6) is 0 Å². The maximum atomic E-state index is 11.8. The summed E-state index contributed by atoms with van der Waals surface area (Å²) in [5.74, 6) is -0.0787. The number of ether oxygens (including phenoxy) is 1. The molecule has 0 fully saturated rings. The Morgan fingerprint density at radius 2 is 1.95 bits per heavy atom. The molecule has 5 heteroatoms. The number of rotatable bonds is 9. The first kappa shape index (κ1) is 17.1. The molecule has 1 rings (SSSR count). The van der Waals surface area contributed by atoms with Crippen molar-refractivity contribution in [2.24, 2.45) is 0 Å². The van der Waals surface area contributed by atoms with Crippen molar-refractivity contribution in [3.05, 3.63) is 16.1 Å². The molecule has 1 aromatic rings. The van der Waals surface area contributed by atoms with E-state index in [4.69, 9.17) is 4.74 Å². The molecule has 0 aliphatic rings. The first-order chi connectivity index (χ1) is 9.56. The summed E-state index contributed by atoms with van der Waals surface area (Å²) < 4.78 is 6.32. The molecular formula is C15H27N2O2S+. The maximum absolute atomic E-state index is 11.8. The predicted molar refractivity (Wildman–Crippen MR) is 82.9 cm³/mol. The molecule has 0 atom stereocenters. The molecule has 0 saturated heterocycles. The number of aromatic nitrogens is 1. The monoisotopic (exact) mass is 299 g/mol. The summed E-state index contributed by atoms with van der Waals surface area (Å²) in [5, 5.41) is 0. The number of hydrogen-bond donors (Lipinski definition) is 0. The van der Waals surface area contributed by atoms with Crippen molar-refractivity contribution in [3.63, 3.8) is 0 Å². The molecule has 0 saturated carbocycles. The van der Waals surface area contributed by atoms with Gasteiger partial charge < -0.3 is 9.22 Å². The van der Waals surface area contributed by atoms with Crippen molar-refractivity contribution in [1.82, 2.24) is 4.98 Å². The molecule has 0 N–H and O–H groups in total. The molecule has 0 amide bonds. The molecule has 20 heavy (non-hydrogen) atoms. The highest BCUT2D eigenvalue weighted by Gasteiger charge is 2.22. The van der Waals surface area contributed by atoms with Crippen LogP contribution in [-0.2, 0) is 16.0 Å². The van der Waals surface area contributed by atoms with Crippen molar-refractivity contribution < 1.29 is 14.0 Å². The summed E-state index contributed by atoms with van der Waals surface area (Å²) in [5.41, 5.74) is 2.88. The molecule has 1 heterocycles. The van der Waals surface area contributed by atoms with E-state index < -0.39 is 0 Å². The van der Waals surface area contributed by atoms with E-state index in [0.717, 1.165) is 42.8 Å². The zero-order valence-corrected chi connectivity index (χ0v) is 14.0. The van der Waals surface area contributed by atoms with Gasteiger partial charge in [-0.05, 0) is 27.7 Å². The van der Waals surface area contributed by atoms with Crippen molar-refractivity contribution >= 4 is 17.3 Å². The molecule has 0 aliphatic heterocycles. The maximum Gasteiger partial charge on any atom is 0.311 e. The van der Waals surface area contributed by atoms with Gasteiger partial charge in [0.1, 0.15) is 0 Å². The van der Waals surface area contributed by atoms with Crippen molar-refractivity contribution in [2.75, 3.05) is 32.8 Å². The van der Waals surface area contributed by atoms with Gasteiger partial charge in [0, 0.05) is 11.3 Å². The van der Waals surface area contributed by atoms with Crippen molar-refractivity contribution in [3.8, 4) is 0 Å². The van der Waals surface area contributed by atoms with Crippen LogP contribution in [0.4, 0.5) is 0 Å². The van der Waals surface area contributed by atoms with Crippen LogP contribution in [0, 0.1) is 6.92 Å². The third kappa shape index (κ3) is 4.87. The molecule has 4 nitrogen and oxygen atoms in total. The molecule has 0 radical (unpaired) electrons. The van der Waals surface area contributed by atoms with Crippen LogP contribution in [0.1, 0.15) is 37.8 Å². The number of thiazole rings is 1. The second kappa shape index (κ2) is 8.37. The molecule has 0 bridgehead atoms. The van der Waals surface area contributed by atoms with Crippen LogP contribution in [-0.4, -0.2) is 48.2 Å². The Morgan fingerprint density at radius 3 is 2.45 bits per heavy atom. The zero-order valence-electron chi connectivity index (χ0n) is 13.1. The second-order valence-corrected chi connectivity index (χ2v) is 6.03. The molecule has 0 spiro atoms. The number of quaternary nitrogens is 1. The Kier molecular flexibility index (Phi) is 7.16. The van der Waals surface area contributed by atoms with Gasteiger partial charge in [0.25, 0.3) is 0 Å². The third-order valence-corrected chi connectivity index (χ3v) is 5.23. The Morgan fingerprint density at radius 1 is 1.30 bits per heavy atom. The summed E-state index contributed by atoms with van der Waals surface area (Å²) in [4.78, 5) is 17.2. The fourth-order valence-corrected chi connectivity index (χ4v) is 3.13. The number of aryl methyl sites for hydroxylation is 1. The van der Waals surface area contributed by atoms with Crippen LogP contribution in [0.25, 0.3) is 0 Å². The van der Waals surface area contributed by atoms with E-state index in [2.05, 4.69) is 25.8 Å². The van der Waals surface area contributed by atoms with E-state index in [1.807, 2.05) is 12.4 Å². The first-order valence-electron chi connectivity index (χ1n) is 7.46. The molecule has 0 aromatic carbocycles. The number of hydrogen-bond acceptors (Lipinski definition) is 4. The lowest BCUT2D eigenvalue weighted by atomic mass is 10.3. The summed E-state index contributed by atoms with van der Waals surface area (Å²) in [6.45, 7) is 13.1. The third-order valence-electron chi connectivity index (χ3n) is 4.24. The summed E-state index contributed by atoms with van der Waals surface area (Å²) >= 11 is 1.62. The molecular weight excluding hydrogens is 272 g/mol. The fourth-order valence-electron chi connectivity index (χ4n) is 2.37. The molecule has 1 aromatic heterocycles. The highest BCUT2D eigenvalue weighted by molar-refractivity contribution is 7.09.